The van der Waals surface area contributed by atoms with Crippen LogP contribution in [0.5, 0.6) is 5.75 Å². The zero-order valence-corrected chi connectivity index (χ0v) is 13.2. The van der Waals surface area contributed by atoms with E-state index < -0.39 is 0 Å². The molecule has 2 nitrogen and oxygen atoms in total. The summed E-state index contributed by atoms with van der Waals surface area (Å²) in [5.41, 5.74) is 4.14. The van der Waals surface area contributed by atoms with E-state index in [1.54, 1.807) is 7.11 Å². The third-order valence-corrected chi connectivity index (χ3v) is 4.28. The second-order valence-corrected chi connectivity index (χ2v) is 6.06. The number of hydrogen-bond donors (Lipinski definition) is 0. The van der Waals surface area contributed by atoms with Gasteiger partial charge in [-0.25, -0.2) is 0 Å². The molecule has 1 heterocycles. The number of methoxy groups -OCH3 is 1. The van der Waals surface area contributed by atoms with E-state index in [0.717, 1.165) is 18.8 Å². The van der Waals surface area contributed by atoms with E-state index in [2.05, 4.69) is 51.2 Å². The highest BCUT2D eigenvalue weighted by Gasteiger charge is 2.17. The van der Waals surface area contributed by atoms with E-state index in [9.17, 15) is 0 Å². The smallest absolute Gasteiger partial charge is 0.118 e. The van der Waals surface area contributed by atoms with Gasteiger partial charge in [-0.2, -0.15) is 0 Å². The number of nitrogens with zero attached hydrogens (tertiary/aromatic N) is 1. The molecule has 0 atom stereocenters. The number of ether oxygens (including phenoxy) is 1. The summed E-state index contributed by atoms with van der Waals surface area (Å²) in [5.74, 6) is 0.914. The summed E-state index contributed by atoms with van der Waals surface area (Å²) < 4.78 is 6.38. The molecule has 0 aromatic heterocycles. The van der Waals surface area contributed by atoms with E-state index in [0.29, 0.717) is 0 Å². The molecule has 104 valence electrons. The van der Waals surface area contributed by atoms with Gasteiger partial charge in [0.2, 0.25) is 0 Å². The third-order valence-electron chi connectivity index (χ3n) is 3.79. The lowest BCUT2D eigenvalue weighted by molar-refractivity contribution is 0.414. The summed E-state index contributed by atoms with van der Waals surface area (Å²) in [4.78, 5) is 2.47. The Morgan fingerprint density at radius 1 is 1.15 bits per heavy atom. The van der Waals surface area contributed by atoms with Crippen LogP contribution >= 0.6 is 15.9 Å². The van der Waals surface area contributed by atoms with E-state index in [1.807, 2.05) is 12.1 Å². The van der Waals surface area contributed by atoms with Crippen LogP contribution in [0.4, 0.5) is 5.69 Å². The van der Waals surface area contributed by atoms with Gasteiger partial charge in [0.15, 0.2) is 0 Å². The third kappa shape index (κ3) is 2.83. The highest BCUT2D eigenvalue weighted by Crippen LogP contribution is 2.31. The predicted molar refractivity (Wildman–Crippen MR) is 86.5 cm³/mol. The summed E-state index contributed by atoms with van der Waals surface area (Å²) in [6.45, 7) is 2.08. The van der Waals surface area contributed by atoms with Crippen LogP contribution in [0.3, 0.4) is 0 Å². The van der Waals surface area contributed by atoms with E-state index in [-0.39, 0.29) is 0 Å². The first-order valence-corrected chi connectivity index (χ1v) is 7.72. The minimum absolute atomic E-state index is 0.914. The van der Waals surface area contributed by atoms with Gasteiger partial charge in [0, 0.05) is 23.2 Å². The van der Waals surface area contributed by atoms with E-state index in [1.165, 1.54) is 34.1 Å². The number of benzene rings is 2. The molecule has 0 fully saturated rings. The number of fused-ring (bicyclic) bond motifs is 1. The van der Waals surface area contributed by atoms with Crippen molar-refractivity contribution in [3.05, 3.63) is 58.1 Å². The van der Waals surface area contributed by atoms with Crippen molar-refractivity contribution in [3.8, 4) is 5.75 Å². The Labute approximate surface area is 128 Å². The van der Waals surface area contributed by atoms with Gasteiger partial charge in [0.25, 0.3) is 0 Å². The molecule has 0 saturated heterocycles. The molecule has 0 N–H and O–H groups in total. The molecule has 0 unspecified atom stereocenters. The highest BCUT2D eigenvalue weighted by molar-refractivity contribution is 9.10. The summed E-state index contributed by atoms with van der Waals surface area (Å²) in [6, 6.07) is 14.9. The average Bonchev–Trinajstić information content (AvgIpc) is 2.48. The highest BCUT2D eigenvalue weighted by atomic mass is 79.9. The standard InChI is InChI=1S/C17H18BrNO/c1-20-16-7-4-13(5-8-16)12-19-10-2-3-14-11-15(18)6-9-17(14)19/h4-9,11H,2-3,10,12H2,1H3. The number of hydrogen-bond acceptors (Lipinski definition) is 2. The fourth-order valence-electron chi connectivity index (χ4n) is 2.76. The minimum atomic E-state index is 0.914. The van der Waals surface area contributed by atoms with Crippen molar-refractivity contribution in [2.75, 3.05) is 18.6 Å². The maximum atomic E-state index is 5.21. The molecule has 2 aromatic carbocycles. The first-order valence-electron chi connectivity index (χ1n) is 6.92. The first kappa shape index (κ1) is 13.5. The molecule has 20 heavy (non-hydrogen) atoms. The van der Waals surface area contributed by atoms with Crippen molar-refractivity contribution in [2.45, 2.75) is 19.4 Å². The van der Waals surface area contributed by atoms with Crippen LogP contribution < -0.4 is 9.64 Å². The van der Waals surface area contributed by atoms with Crippen LogP contribution in [-0.2, 0) is 13.0 Å². The summed E-state index contributed by atoms with van der Waals surface area (Å²) in [6.07, 6.45) is 2.40. The summed E-state index contributed by atoms with van der Waals surface area (Å²) in [5, 5.41) is 0. The second-order valence-electron chi connectivity index (χ2n) is 5.15. The van der Waals surface area contributed by atoms with Gasteiger partial charge in [0.1, 0.15) is 5.75 Å². The molecule has 0 bridgehead atoms. The summed E-state index contributed by atoms with van der Waals surface area (Å²) >= 11 is 3.56. The van der Waals surface area contributed by atoms with Crippen LogP contribution in [-0.4, -0.2) is 13.7 Å². The second kappa shape index (κ2) is 5.88. The van der Waals surface area contributed by atoms with Crippen molar-refractivity contribution >= 4 is 21.6 Å². The maximum absolute atomic E-state index is 5.21. The Morgan fingerprint density at radius 2 is 1.95 bits per heavy atom. The molecule has 0 aliphatic carbocycles. The molecule has 2 aromatic rings. The number of halogens is 1. The first-order chi connectivity index (χ1) is 9.76. The molecule has 0 radical (unpaired) electrons. The fraction of sp³-hybridized carbons (Fsp3) is 0.294. The van der Waals surface area contributed by atoms with Gasteiger partial charge in [-0.1, -0.05) is 28.1 Å². The Kier molecular flexibility index (Phi) is 3.97. The maximum Gasteiger partial charge on any atom is 0.118 e. The lowest BCUT2D eigenvalue weighted by Crippen LogP contribution is -2.28. The van der Waals surface area contributed by atoms with E-state index in [4.69, 9.17) is 4.74 Å². The van der Waals surface area contributed by atoms with Gasteiger partial charge in [-0.3, -0.25) is 0 Å². The molecule has 3 heteroatoms. The SMILES string of the molecule is COc1ccc(CN2CCCc3cc(Br)ccc32)cc1. The van der Waals surface area contributed by atoms with Crippen molar-refractivity contribution in [1.29, 1.82) is 0 Å². The van der Waals surface area contributed by atoms with Crippen LogP contribution in [0.2, 0.25) is 0 Å². The molecule has 0 saturated carbocycles. The van der Waals surface area contributed by atoms with E-state index >= 15 is 0 Å². The predicted octanol–water partition coefficient (Wildman–Crippen LogP) is 4.41. The topological polar surface area (TPSA) is 12.5 Å². The van der Waals surface area contributed by atoms with Crippen LogP contribution in [0.25, 0.3) is 0 Å². The Hall–Kier alpha value is -1.48. The monoisotopic (exact) mass is 331 g/mol. The zero-order valence-electron chi connectivity index (χ0n) is 11.6. The fourth-order valence-corrected chi connectivity index (χ4v) is 3.17. The lowest BCUT2D eigenvalue weighted by Gasteiger charge is -2.31. The number of anilines is 1. The Bertz CT molecular complexity index is 594. The zero-order chi connectivity index (χ0) is 13.9. The summed E-state index contributed by atoms with van der Waals surface area (Å²) in [7, 11) is 1.70. The minimum Gasteiger partial charge on any atom is -0.497 e. The van der Waals surface area contributed by atoms with Gasteiger partial charge in [-0.05, 0) is 54.3 Å². The quantitative estimate of drug-likeness (QED) is 0.825. The Balaban J connectivity index is 1.81. The van der Waals surface area contributed by atoms with Crippen LogP contribution in [0, 0.1) is 0 Å². The number of rotatable bonds is 3. The molecular formula is C17H18BrNO. The molecule has 1 aliphatic rings. The van der Waals surface area contributed by atoms with Crippen molar-refractivity contribution < 1.29 is 4.74 Å². The lowest BCUT2D eigenvalue weighted by atomic mass is 10.0. The van der Waals surface area contributed by atoms with Gasteiger partial charge >= 0.3 is 0 Å². The average molecular weight is 332 g/mol. The Morgan fingerprint density at radius 3 is 2.70 bits per heavy atom. The molecular weight excluding hydrogens is 314 g/mol. The van der Waals surface area contributed by atoms with Gasteiger partial charge in [0.05, 0.1) is 7.11 Å². The van der Waals surface area contributed by atoms with Crippen LogP contribution in [0.15, 0.2) is 46.9 Å². The number of aryl methyl sites for hydroxylation is 1. The normalized spacial score (nSPS) is 14.0. The molecule has 3 rings (SSSR count). The van der Waals surface area contributed by atoms with Gasteiger partial charge < -0.3 is 9.64 Å². The molecule has 1 aliphatic heterocycles. The molecule has 0 spiro atoms. The van der Waals surface area contributed by atoms with Crippen molar-refractivity contribution in [2.24, 2.45) is 0 Å². The van der Waals surface area contributed by atoms with Crippen molar-refractivity contribution in [1.82, 2.24) is 0 Å². The van der Waals surface area contributed by atoms with Crippen LogP contribution in [0.1, 0.15) is 17.5 Å². The van der Waals surface area contributed by atoms with Gasteiger partial charge in [-0.15, -0.1) is 0 Å². The van der Waals surface area contributed by atoms with Crippen molar-refractivity contribution in [3.63, 3.8) is 0 Å². The molecule has 0 amide bonds. The largest absolute Gasteiger partial charge is 0.497 e.